The van der Waals surface area contributed by atoms with Crippen LogP contribution in [0.15, 0.2) is 0 Å². The van der Waals surface area contributed by atoms with Crippen molar-refractivity contribution in [1.82, 2.24) is 4.90 Å². The zero-order chi connectivity index (χ0) is 12.5. The lowest BCUT2D eigenvalue weighted by molar-refractivity contribution is -0.257. The molecule has 6 atom stereocenters. The highest BCUT2D eigenvalue weighted by Gasteiger charge is 2.48. The molecule has 1 heterocycles. The minimum atomic E-state index is -1.50. The molecular formula is C9H19NO6. The average Bonchev–Trinajstić information content (AvgIpc) is 2.29. The summed E-state index contributed by atoms with van der Waals surface area (Å²) in [6.07, 6.45) is -6.35. The smallest absolute Gasteiger partial charge is 0.138 e. The van der Waals surface area contributed by atoms with E-state index >= 15 is 0 Å². The van der Waals surface area contributed by atoms with E-state index in [-0.39, 0.29) is 0 Å². The zero-order valence-electron chi connectivity index (χ0n) is 9.26. The molecule has 1 rings (SSSR count). The number of piperidine rings is 1. The summed E-state index contributed by atoms with van der Waals surface area (Å²) >= 11 is 0. The van der Waals surface area contributed by atoms with Crippen LogP contribution in [0, 0.1) is 0 Å². The van der Waals surface area contributed by atoms with Gasteiger partial charge >= 0.3 is 0 Å². The Bertz CT molecular complexity index is 228. The van der Waals surface area contributed by atoms with E-state index in [0.29, 0.717) is 0 Å². The van der Waals surface area contributed by atoms with Gasteiger partial charge in [0.05, 0.1) is 12.6 Å². The first kappa shape index (κ1) is 13.8. The molecule has 5 N–H and O–H groups in total. The van der Waals surface area contributed by atoms with Gasteiger partial charge in [0.15, 0.2) is 0 Å². The van der Waals surface area contributed by atoms with Gasteiger partial charge in [-0.1, -0.05) is 0 Å². The van der Waals surface area contributed by atoms with Gasteiger partial charge in [-0.3, -0.25) is 0 Å². The summed E-state index contributed by atoms with van der Waals surface area (Å²) in [7, 11) is 1.40. The Balaban J connectivity index is 2.93. The van der Waals surface area contributed by atoms with Crippen molar-refractivity contribution in [2.45, 2.75) is 43.7 Å². The van der Waals surface area contributed by atoms with Crippen molar-refractivity contribution in [2.75, 3.05) is 13.7 Å². The molecule has 16 heavy (non-hydrogen) atoms. The Labute approximate surface area is 93.5 Å². The Morgan fingerprint density at radius 3 is 2.12 bits per heavy atom. The number of rotatable bonds is 3. The summed E-state index contributed by atoms with van der Waals surface area (Å²) in [5.74, 6) is 0. The summed E-state index contributed by atoms with van der Waals surface area (Å²) < 4.78 is 4.97. The Hall–Kier alpha value is -0.280. The standard InChI is InChI=1S/C9H19NO6/c1-4(16-2)10-5(3-11)6(12)7(13)8(14)9(10)15/h4-9,11-15H,3H2,1-2H3/t4?,5-,6+,7+,8-,9?/m1/s1. The van der Waals surface area contributed by atoms with Crippen LogP contribution < -0.4 is 0 Å². The van der Waals surface area contributed by atoms with Gasteiger partial charge < -0.3 is 30.3 Å². The fraction of sp³-hybridized carbons (Fsp3) is 1.00. The van der Waals surface area contributed by atoms with Crippen LogP contribution in [0.3, 0.4) is 0 Å². The second kappa shape index (κ2) is 5.37. The summed E-state index contributed by atoms with van der Waals surface area (Å²) in [6.45, 7) is 1.14. The topological polar surface area (TPSA) is 114 Å². The van der Waals surface area contributed by atoms with Crippen LogP contribution in [-0.2, 0) is 4.74 Å². The number of likely N-dealkylation sites (tertiary alicyclic amines) is 1. The van der Waals surface area contributed by atoms with Crippen molar-refractivity contribution in [2.24, 2.45) is 0 Å². The molecule has 0 saturated carbocycles. The molecule has 1 fully saturated rings. The van der Waals surface area contributed by atoms with E-state index < -0.39 is 43.4 Å². The van der Waals surface area contributed by atoms with Gasteiger partial charge in [0, 0.05) is 7.11 Å². The van der Waals surface area contributed by atoms with Gasteiger partial charge in [-0.2, -0.15) is 0 Å². The summed E-state index contributed by atoms with van der Waals surface area (Å²) in [6, 6.07) is -0.886. The maximum absolute atomic E-state index is 9.74. The SMILES string of the molecule is COC(C)N1C(O)[C@H](O)[C@@H](O)[C@@H](O)[C@H]1CO. The van der Waals surface area contributed by atoms with Gasteiger partial charge in [-0.15, -0.1) is 0 Å². The minimum Gasteiger partial charge on any atom is -0.395 e. The maximum Gasteiger partial charge on any atom is 0.138 e. The molecule has 7 heteroatoms. The average molecular weight is 237 g/mol. The van der Waals surface area contributed by atoms with Gasteiger partial charge in [-0.05, 0) is 6.92 Å². The summed E-state index contributed by atoms with van der Waals surface area (Å²) in [4.78, 5) is 1.22. The predicted octanol–water partition coefficient (Wildman–Crippen LogP) is -2.94. The number of methoxy groups -OCH3 is 1. The van der Waals surface area contributed by atoms with Gasteiger partial charge in [-0.25, -0.2) is 4.90 Å². The molecule has 1 aliphatic rings. The predicted molar refractivity (Wildman–Crippen MR) is 53.2 cm³/mol. The molecule has 0 aromatic heterocycles. The number of aliphatic hydroxyl groups is 5. The molecular weight excluding hydrogens is 218 g/mol. The van der Waals surface area contributed by atoms with Crippen molar-refractivity contribution in [1.29, 1.82) is 0 Å². The van der Waals surface area contributed by atoms with Crippen LogP contribution in [0.25, 0.3) is 0 Å². The first-order valence-electron chi connectivity index (χ1n) is 5.09. The number of nitrogens with zero attached hydrogens (tertiary/aromatic N) is 1. The maximum atomic E-state index is 9.74. The Kier molecular flexibility index (Phi) is 4.62. The van der Waals surface area contributed by atoms with E-state index in [1.807, 2.05) is 0 Å². The number of hydrogen-bond acceptors (Lipinski definition) is 7. The lowest BCUT2D eigenvalue weighted by atomic mass is 9.92. The van der Waals surface area contributed by atoms with Crippen molar-refractivity contribution in [3.8, 4) is 0 Å². The van der Waals surface area contributed by atoms with Crippen molar-refractivity contribution in [3.63, 3.8) is 0 Å². The van der Waals surface area contributed by atoms with Crippen LogP contribution in [0.1, 0.15) is 6.92 Å². The molecule has 0 aromatic rings. The summed E-state index contributed by atoms with van der Waals surface area (Å²) in [5, 5.41) is 47.5. The molecule has 1 saturated heterocycles. The molecule has 0 amide bonds. The second-order valence-corrected chi connectivity index (χ2v) is 3.92. The molecule has 0 bridgehead atoms. The fourth-order valence-electron chi connectivity index (χ4n) is 1.96. The quantitative estimate of drug-likeness (QED) is 0.357. The zero-order valence-corrected chi connectivity index (χ0v) is 9.26. The van der Waals surface area contributed by atoms with Gasteiger partial charge in [0.25, 0.3) is 0 Å². The van der Waals surface area contributed by atoms with Crippen molar-refractivity contribution in [3.05, 3.63) is 0 Å². The van der Waals surface area contributed by atoms with Gasteiger partial charge in [0.1, 0.15) is 30.8 Å². The van der Waals surface area contributed by atoms with Crippen molar-refractivity contribution >= 4 is 0 Å². The lowest BCUT2D eigenvalue weighted by Gasteiger charge is -2.48. The number of ether oxygens (including phenoxy) is 1. The Morgan fingerprint density at radius 1 is 1.12 bits per heavy atom. The van der Waals surface area contributed by atoms with Crippen LogP contribution in [0.2, 0.25) is 0 Å². The van der Waals surface area contributed by atoms with E-state index in [1.54, 1.807) is 6.92 Å². The number of aliphatic hydroxyl groups excluding tert-OH is 5. The normalized spacial score (nSPS) is 43.3. The monoisotopic (exact) mass is 237 g/mol. The third-order valence-corrected chi connectivity index (χ3v) is 3.04. The van der Waals surface area contributed by atoms with Crippen LogP contribution in [0.5, 0.6) is 0 Å². The molecule has 1 aliphatic heterocycles. The highest BCUT2D eigenvalue weighted by Crippen LogP contribution is 2.25. The van der Waals surface area contributed by atoms with Crippen LogP contribution in [-0.4, -0.2) is 81.0 Å². The number of hydrogen-bond donors (Lipinski definition) is 5. The van der Waals surface area contributed by atoms with E-state index in [4.69, 9.17) is 9.84 Å². The molecule has 2 unspecified atom stereocenters. The highest BCUT2D eigenvalue weighted by molar-refractivity contribution is 4.96. The van der Waals surface area contributed by atoms with E-state index in [1.165, 1.54) is 12.0 Å². The molecule has 96 valence electrons. The molecule has 0 aromatic carbocycles. The third kappa shape index (κ3) is 2.21. The lowest BCUT2D eigenvalue weighted by Crippen LogP contribution is -2.69. The molecule has 0 radical (unpaired) electrons. The fourth-order valence-corrected chi connectivity index (χ4v) is 1.96. The second-order valence-electron chi connectivity index (χ2n) is 3.92. The summed E-state index contributed by atoms with van der Waals surface area (Å²) in [5.41, 5.74) is 0. The third-order valence-electron chi connectivity index (χ3n) is 3.04. The minimum absolute atomic E-state index is 0.463. The van der Waals surface area contributed by atoms with E-state index in [2.05, 4.69) is 0 Å². The largest absolute Gasteiger partial charge is 0.395 e. The molecule has 7 nitrogen and oxygen atoms in total. The first-order valence-corrected chi connectivity index (χ1v) is 5.09. The van der Waals surface area contributed by atoms with E-state index in [0.717, 1.165) is 0 Å². The molecule has 0 aliphatic carbocycles. The van der Waals surface area contributed by atoms with Crippen LogP contribution in [0.4, 0.5) is 0 Å². The van der Waals surface area contributed by atoms with Crippen molar-refractivity contribution < 1.29 is 30.3 Å². The molecule has 0 spiro atoms. The van der Waals surface area contributed by atoms with Gasteiger partial charge in [0.2, 0.25) is 0 Å². The first-order chi connectivity index (χ1) is 7.45. The van der Waals surface area contributed by atoms with Crippen LogP contribution >= 0.6 is 0 Å². The highest BCUT2D eigenvalue weighted by atomic mass is 16.5. The Morgan fingerprint density at radius 2 is 1.69 bits per heavy atom. The van der Waals surface area contributed by atoms with E-state index in [9.17, 15) is 20.4 Å².